The molecule has 1 saturated carbocycles. The van der Waals surface area contributed by atoms with Gasteiger partial charge < -0.3 is 15.5 Å². The van der Waals surface area contributed by atoms with E-state index < -0.39 is 5.82 Å². The van der Waals surface area contributed by atoms with E-state index in [1.54, 1.807) is 0 Å². The predicted octanol–water partition coefficient (Wildman–Crippen LogP) is 1.53. The van der Waals surface area contributed by atoms with Crippen LogP contribution in [0.4, 0.5) is 10.1 Å². The highest BCUT2D eigenvalue weighted by Gasteiger charge is 2.33. The first-order chi connectivity index (χ1) is 16.0. The van der Waals surface area contributed by atoms with Gasteiger partial charge in [-0.1, -0.05) is 6.92 Å². The van der Waals surface area contributed by atoms with Crippen molar-refractivity contribution in [1.29, 1.82) is 0 Å². The Bertz CT molecular complexity index is 983. The molecule has 9 heteroatoms. The van der Waals surface area contributed by atoms with E-state index in [1.165, 1.54) is 12.3 Å². The number of pyridine rings is 1. The van der Waals surface area contributed by atoms with Gasteiger partial charge in [0.25, 0.3) is 5.91 Å². The molecule has 0 spiro atoms. The van der Waals surface area contributed by atoms with Crippen molar-refractivity contribution in [2.24, 2.45) is 10.9 Å². The number of aromatic nitrogens is 1. The Labute approximate surface area is 193 Å². The van der Waals surface area contributed by atoms with Crippen LogP contribution in [0.25, 0.3) is 0 Å². The van der Waals surface area contributed by atoms with Crippen molar-refractivity contribution in [3.05, 3.63) is 35.4 Å². The third-order valence-electron chi connectivity index (χ3n) is 6.98. The highest BCUT2D eigenvalue weighted by atomic mass is 19.1. The van der Waals surface area contributed by atoms with Crippen molar-refractivity contribution < 1.29 is 14.0 Å². The number of carbonyl (C=O) groups excluding carboxylic acids is 2. The van der Waals surface area contributed by atoms with Crippen molar-refractivity contribution in [3.8, 4) is 0 Å². The monoisotopic (exact) mass is 454 g/mol. The first kappa shape index (κ1) is 22.0. The molecule has 176 valence electrons. The minimum atomic E-state index is -0.405. The van der Waals surface area contributed by atoms with Crippen molar-refractivity contribution in [2.45, 2.75) is 50.7 Å². The number of piperazine rings is 1. The third-order valence-corrected chi connectivity index (χ3v) is 6.98. The van der Waals surface area contributed by atoms with Crippen LogP contribution in [0.5, 0.6) is 0 Å². The molecule has 33 heavy (non-hydrogen) atoms. The van der Waals surface area contributed by atoms with Gasteiger partial charge in [-0.3, -0.25) is 19.5 Å². The van der Waals surface area contributed by atoms with Crippen LogP contribution in [0.15, 0.2) is 28.9 Å². The SMILES string of the molecule is CCC1=CC2N=CC(CN3CCN(c4cnc(C(=O)NC5CC5)cc4F)CC3)CC2NC1=O. The maximum Gasteiger partial charge on any atom is 0.270 e. The topological polar surface area (TPSA) is 89.9 Å². The van der Waals surface area contributed by atoms with Crippen molar-refractivity contribution in [3.63, 3.8) is 0 Å². The molecule has 0 bridgehead atoms. The van der Waals surface area contributed by atoms with Crippen LogP contribution in [-0.2, 0) is 4.79 Å². The molecule has 3 aliphatic heterocycles. The zero-order chi connectivity index (χ0) is 22.9. The molecule has 1 aliphatic carbocycles. The number of anilines is 1. The minimum Gasteiger partial charge on any atom is -0.365 e. The highest BCUT2D eigenvalue weighted by molar-refractivity contribution is 5.95. The Balaban J connectivity index is 1.14. The third kappa shape index (κ3) is 4.93. The van der Waals surface area contributed by atoms with Gasteiger partial charge in [0.15, 0.2) is 0 Å². The fourth-order valence-corrected chi connectivity index (χ4v) is 4.87. The van der Waals surface area contributed by atoms with Crippen LogP contribution in [0.2, 0.25) is 0 Å². The number of hydrogen-bond donors (Lipinski definition) is 2. The Hall–Kier alpha value is -2.81. The Morgan fingerprint density at radius 2 is 2.06 bits per heavy atom. The van der Waals surface area contributed by atoms with Crippen LogP contribution in [0, 0.1) is 11.7 Å². The first-order valence-electron chi connectivity index (χ1n) is 12.0. The summed E-state index contributed by atoms with van der Waals surface area (Å²) in [5.41, 5.74) is 1.40. The first-order valence-corrected chi connectivity index (χ1v) is 12.0. The summed E-state index contributed by atoms with van der Waals surface area (Å²) in [7, 11) is 0. The molecular formula is C24H31FN6O2. The number of amides is 2. The van der Waals surface area contributed by atoms with Gasteiger partial charge in [-0.25, -0.2) is 9.37 Å². The molecule has 1 aromatic rings. The predicted molar refractivity (Wildman–Crippen MR) is 124 cm³/mol. The Kier molecular flexibility index (Phi) is 6.14. The number of hydrogen-bond acceptors (Lipinski definition) is 6. The van der Waals surface area contributed by atoms with Crippen LogP contribution in [-0.4, -0.2) is 78.8 Å². The number of fused-ring (bicyclic) bond motifs is 1. The normalized spacial score (nSPS) is 27.6. The Morgan fingerprint density at radius 1 is 1.27 bits per heavy atom. The van der Waals surface area contributed by atoms with Gasteiger partial charge in [-0.15, -0.1) is 0 Å². The summed E-state index contributed by atoms with van der Waals surface area (Å²) in [6.07, 6.45) is 9.11. The largest absolute Gasteiger partial charge is 0.365 e. The average molecular weight is 455 g/mol. The van der Waals surface area contributed by atoms with Crippen molar-refractivity contribution in [1.82, 2.24) is 20.5 Å². The van der Waals surface area contributed by atoms with Crippen LogP contribution in [0.3, 0.4) is 0 Å². The van der Waals surface area contributed by atoms with Gasteiger partial charge in [0, 0.05) is 62.5 Å². The van der Waals surface area contributed by atoms with Gasteiger partial charge in [0.05, 0.1) is 24.0 Å². The van der Waals surface area contributed by atoms with E-state index in [-0.39, 0.29) is 41.6 Å². The minimum absolute atomic E-state index is 0.0369. The lowest BCUT2D eigenvalue weighted by Gasteiger charge is -2.39. The quantitative estimate of drug-likeness (QED) is 0.681. The van der Waals surface area contributed by atoms with E-state index in [4.69, 9.17) is 4.99 Å². The number of rotatable bonds is 6. The maximum absolute atomic E-state index is 14.7. The fourth-order valence-electron chi connectivity index (χ4n) is 4.87. The maximum atomic E-state index is 14.7. The van der Waals surface area contributed by atoms with E-state index >= 15 is 0 Å². The number of aliphatic imine (C=N–C) groups is 1. The van der Waals surface area contributed by atoms with Gasteiger partial charge in [0.2, 0.25) is 5.91 Å². The molecule has 2 fully saturated rings. The second kappa shape index (κ2) is 9.21. The van der Waals surface area contributed by atoms with Crippen molar-refractivity contribution >= 4 is 23.7 Å². The Morgan fingerprint density at radius 3 is 2.76 bits per heavy atom. The summed E-state index contributed by atoms with van der Waals surface area (Å²) in [6.45, 7) is 5.88. The van der Waals surface area contributed by atoms with E-state index in [1.807, 2.05) is 24.1 Å². The summed E-state index contributed by atoms with van der Waals surface area (Å²) in [5, 5.41) is 5.96. The molecule has 1 aromatic heterocycles. The van der Waals surface area contributed by atoms with E-state index in [9.17, 15) is 14.0 Å². The number of nitrogens with one attached hydrogen (secondary N) is 2. The summed E-state index contributed by atoms with van der Waals surface area (Å²) < 4.78 is 14.7. The molecule has 8 nitrogen and oxygen atoms in total. The molecule has 0 aromatic carbocycles. The van der Waals surface area contributed by atoms with Crippen LogP contribution >= 0.6 is 0 Å². The van der Waals surface area contributed by atoms with Gasteiger partial charge in [0.1, 0.15) is 11.5 Å². The summed E-state index contributed by atoms with van der Waals surface area (Å²) >= 11 is 0. The summed E-state index contributed by atoms with van der Waals surface area (Å²) in [5.74, 6) is -0.385. The zero-order valence-electron chi connectivity index (χ0n) is 19.0. The molecule has 5 rings (SSSR count). The van der Waals surface area contributed by atoms with Crippen LogP contribution in [0.1, 0.15) is 43.1 Å². The second-order valence-corrected chi connectivity index (χ2v) is 9.47. The molecule has 0 radical (unpaired) electrons. The zero-order valence-corrected chi connectivity index (χ0v) is 19.0. The second-order valence-electron chi connectivity index (χ2n) is 9.47. The van der Waals surface area contributed by atoms with Gasteiger partial charge in [-0.2, -0.15) is 0 Å². The fraction of sp³-hybridized carbons (Fsp3) is 0.583. The molecular weight excluding hydrogens is 423 g/mol. The molecule has 2 amide bonds. The van der Waals surface area contributed by atoms with E-state index in [0.717, 1.165) is 50.9 Å². The number of carbonyl (C=O) groups is 2. The lowest BCUT2D eigenvalue weighted by Crippen LogP contribution is -2.52. The molecule has 4 aliphatic rings. The molecule has 3 atom stereocenters. The average Bonchev–Trinajstić information content (AvgIpc) is 3.63. The van der Waals surface area contributed by atoms with Gasteiger partial charge in [-0.05, 0) is 31.8 Å². The molecule has 4 heterocycles. The summed E-state index contributed by atoms with van der Waals surface area (Å²) in [6, 6.07) is 1.58. The molecule has 3 unspecified atom stereocenters. The number of nitrogens with zero attached hydrogens (tertiary/aromatic N) is 4. The van der Waals surface area contributed by atoms with Crippen LogP contribution < -0.4 is 15.5 Å². The highest BCUT2D eigenvalue weighted by Crippen LogP contribution is 2.25. The van der Waals surface area contributed by atoms with E-state index in [2.05, 4.69) is 20.5 Å². The standard InChI is InChI=1S/C24H31FN6O2/c1-2-16-10-19-20(29-23(16)32)9-15(12-26-19)14-30-5-7-31(8-6-30)22-13-27-21(11-18(22)25)24(33)28-17-3-4-17/h10-13,15,17,19-20H,2-9,14H2,1H3,(H,28,33)(H,29,32). The summed E-state index contributed by atoms with van der Waals surface area (Å²) in [4.78, 5) is 37.6. The molecule has 2 N–H and O–H groups in total. The lowest BCUT2D eigenvalue weighted by atomic mass is 9.88. The lowest BCUT2D eigenvalue weighted by molar-refractivity contribution is -0.119. The van der Waals surface area contributed by atoms with Crippen molar-refractivity contribution in [2.75, 3.05) is 37.6 Å². The smallest absolute Gasteiger partial charge is 0.270 e. The van der Waals surface area contributed by atoms with Gasteiger partial charge >= 0.3 is 0 Å². The van der Waals surface area contributed by atoms with E-state index in [0.29, 0.717) is 18.8 Å². The molecule has 1 saturated heterocycles. The number of halogens is 1.